The van der Waals surface area contributed by atoms with E-state index in [0.29, 0.717) is 38.3 Å². The quantitative estimate of drug-likeness (QED) is 0.788. The molecule has 1 heterocycles. The fraction of sp³-hybridized carbons (Fsp3) is 0.500. The summed E-state index contributed by atoms with van der Waals surface area (Å²) < 4.78 is 23.2. The van der Waals surface area contributed by atoms with E-state index in [-0.39, 0.29) is 17.6 Å². The standard InChI is InChI=1S/C16H22FN3O4/c1-23-6-5-20-10-11(7-15(20)21)9-18-16(22)19-12-3-4-13(17)14(8-12)24-2/h3-4,8,11H,5-7,9-10H2,1-2H3,(H2,18,19,22). The Kier molecular flexibility index (Phi) is 6.36. The first-order valence-electron chi connectivity index (χ1n) is 7.68. The molecule has 24 heavy (non-hydrogen) atoms. The van der Waals surface area contributed by atoms with Crippen LogP contribution < -0.4 is 15.4 Å². The van der Waals surface area contributed by atoms with Gasteiger partial charge in [-0.05, 0) is 12.1 Å². The maximum absolute atomic E-state index is 13.3. The molecular formula is C16H22FN3O4. The largest absolute Gasteiger partial charge is 0.494 e. The number of hydrogen-bond donors (Lipinski definition) is 2. The summed E-state index contributed by atoms with van der Waals surface area (Å²) >= 11 is 0. The van der Waals surface area contributed by atoms with Crippen molar-refractivity contribution in [2.45, 2.75) is 6.42 Å². The topological polar surface area (TPSA) is 79.9 Å². The monoisotopic (exact) mass is 339 g/mol. The van der Waals surface area contributed by atoms with Crippen molar-refractivity contribution in [3.05, 3.63) is 24.0 Å². The maximum atomic E-state index is 13.3. The van der Waals surface area contributed by atoms with Gasteiger partial charge in [-0.25, -0.2) is 9.18 Å². The number of methoxy groups -OCH3 is 2. The number of nitrogens with zero attached hydrogens (tertiary/aromatic N) is 1. The van der Waals surface area contributed by atoms with E-state index in [1.165, 1.54) is 25.3 Å². The number of amides is 3. The second-order valence-electron chi connectivity index (χ2n) is 5.59. The van der Waals surface area contributed by atoms with Crippen molar-refractivity contribution in [3.63, 3.8) is 0 Å². The van der Waals surface area contributed by atoms with E-state index in [0.717, 1.165) is 0 Å². The number of rotatable bonds is 7. The Morgan fingerprint density at radius 1 is 1.42 bits per heavy atom. The van der Waals surface area contributed by atoms with Crippen LogP contribution in [0, 0.1) is 11.7 Å². The van der Waals surface area contributed by atoms with Crippen LogP contribution in [0.3, 0.4) is 0 Å². The third-order valence-electron chi connectivity index (χ3n) is 3.82. The highest BCUT2D eigenvalue weighted by Gasteiger charge is 2.29. The zero-order chi connectivity index (χ0) is 17.5. The summed E-state index contributed by atoms with van der Waals surface area (Å²) in [4.78, 5) is 25.5. The first-order chi connectivity index (χ1) is 11.5. The minimum absolute atomic E-state index is 0.0583. The summed E-state index contributed by atoms with van der Waals surface area (Å²) in [7, 11) is 2.95. The lowest BCUT2D eigenvalue weighted by atomic mass is 10.1. The average molecular weight is 339 g/mol. The van der Waals surface area contributed by atoms with E-state index < -0.39 is 11.8 Å². The number of hydrogen-bond acceptors (Lipinski definition) is 4. The van der Waals surface area contributed by atoms with E-state index in [1.807, 2.05) is 0 Å². The normalized spacial score (nSPS) is 17.0. The molecule has 2 rings (SSSR count). The Bertz CT molecular complexity index is 597. The van der Waals surface area contributed by atoms with Gasteiger partial charge in [-0.2, -0.15) is 0 Å². The smallest absolute Gasteiger partial charge is 0.319 e. The number of halogens is 1. The molecule has 1 aliphatic rings. The van der Waals surface area contributed by atoms with Gasteiger partial charge in [-0.1, -0.05) is 0 Å². The summed E-state index contributed by atoms with van der Waals surface area (Å²) in [6, 6.07) is 3.66. The van der Waals surface area contributed by atoms with Gasteiger partial charge in [0.05, 0.1) is 13.7 Å². The zero-order valence-corrected chi connectivity index (χ0v) is 13.8. The van der Waals surface area contributed by atoms with Crippen LogP contribution in [-0.4, -0.2) is 57.3 Å². The average Bonchev–Trinajstić information content (AvgIpc) is 2.92. The lowest BCUT2D eigenvalue weighted by Gasteiger charge is -2.16. The summed E-state index contributed by atoms with van der Waals surface area (Å²) in [6.07, 6.45) is 0.411. The molecule has 8 heteroatoms. The van der Waals surface area contributed by atoms with Crippen LogP contribution in [0.25, 0.3) is 0 Å². The maximum Gasteiger partial charge on any atom is 0.319 e. The number of carbonyl (C=O) groups is 2. The Morgan fingerprint density at radius 3 is 2.92 bits per heavy atom. The van der Waals surface area contributed by atoms with Gasteiger partial charge in [0.2, 0.25) is 5.91 Å². The molecule has 1 aromatic carbocycles. The number of nitrogens with one attached hydrogen (secondary N) is 2. The molecule has 0 aromatic heterocycles. The highest BCUT2D eigenvalue weighted by atomic mass is 19.1. The molecule has 1 aromatic rings. The molecule has 0 spiro atoms. The van der Waals surface area contributed by atoms with E-state index in [4.69, 9.17) is 9.47 Å². The summed E-state index contributed by atoms with van der Waals surface area (Å²) in [5, 5.41) is 5.34. The Labute approximate surface area is 140 Å². The fourth-order valence-corrected chi connectivity index (χ4v) is 2.56. The number of ether oxygens (including phenoxy) is 2. The van der Waals surface area contributed by atoms with E-state index in [1.54, 1.807) is 12.0 Å². The number of likely N-dealkylation sites (tertiary alicyclic amines) is 1. The fourth-order valence-electron chi connectivity index (χ4n) is 2.56. The third kappa shape index (κ3) is 4.82. The van der Waals surface area contributed by atoms with Crippen LogP contribution in [0.2, 0.25) is 0 Å². The predicted molar refractivity (Wildman–Crippen MR) is 86.5 cm³/mol. The molecule has 1 unspecified atom stereocenters. The van der Waals surface area contributed by atoms with Gasteiger partial charge in [0.15, 0.2) is 11.6 Å². The molecule has 3 amide bonds. The van der Waals surface area contributed by atoms with Gasteiger partial charge < -0.3 is 25.0 Å². The van der Waals surface area contributed by atoms with E-state index in [9.17, 15) is 14.0 Å². The summed E-state index contributed by atoms with van der Waals surface area (Å²) in [6.45, 7) is 2.05. The van der Waals surface area contributed by atoms with Crippen LogP contribution in [0.4, 0.5) is 14.9 Å². The van der Waals surface area contributed by atoms with Crippen LogP contribution in [-0.2, 0) is 9.53 Å². The third-order valence-corrected chi connectivity index (χ3v) is 3.82. The van der Waals surface area contributed by atoms with Crippen molar-refractivity contribution in [3.8, 4) is 5.75 Å². The number of carbonyl (C=O) groups excluding carboxylic acids is 2. The van der Waals surface area contributed by atoms with E-state index >= 15 is 0 Å². The van der Waals surface area contributed by atoms with Gasteiger partial charge in [-0.15, -0.1) is 0 Å². The molecule has 0 saturated carbocycles. The second-order valence-corrected chi connectivity index (χ2v) is 5.59. The summed E-state index contributed by atoms with van der Waals surface area (Å²) in [5.41, 5.74) is 0.426. The molecule has 0 bridgehead atoms. The van der Waals surface area contributed by atoms with Gasteiger partial charge in [-0.3, -0.25) is 4.79 Å². The minimum Gasteiger partial charge on any atom is -0.494 e. The molecule has 0 aliphatic carbocycles. The van der Waals surface area contributed by atoms with Crippen LogP contribution in [0.1, 0.15) is 6.42 Å². The Morgan fingerprint density at radius 2 is 2.21 bits per heavy atom. The first-order valence-corrected chi connectivity index (χ1v) is 7.68. The molecule has 1 saturated heterocycles. The molecule has 1 fully saturated rings. The Hall–Kier alpha value is -2.35. The van der Waals surface area contributed by atoms with Crippen molar-refractivity contribution >= 4 is 17.6 Å². The first kappa shape index (κ1) is 18.0. The van der Waals surface area contributed by atoms with E-state index in [2.05, 4.69) is 10.6 Å². The zero-order valence-electron chi connectivity index (χ0n) is 13.8. The molecule has 0 radical (unpaired) electrons. The van der Waals surface area contributed by atoms with Crippen LogP contribution in [0.15, 0.2) is 18.2 Å². The number of anilines is 1. The SMILES string of the molecule is COCCN1CC(CNC(=O)Nc2ccc(F)c(OC)c2)CC1=O. The lowest BCUT2D eigenvalue weighted by Crippen LogP contribution is -2.34. The van der Waals surface area contributed by atoms with Gasteiger partial charge in [0, 0.05) is 50.8 Å². The molecule has 7 nitrogen and oxygen atoms in total. The minimum atomic E-state index is -0.496. The Balaban J connectivity index is 1.78. The van der Waals surface area contributed by atoms with Crippen molar-refractivity contribution in [2.75, 3.05) is 45.8 Å². The van der Waals surface area contributed by atoms with Crippen molar-refractivity contribution < 1.29 is 23.5 Å². The van der Waals surface area contributed by atoms with Crippen molar-refractivity contribution in [1.82, 2.24) is 10.2 Å². The molecular weight excluding hydrogens is 317 g/mol. The predicted octanol–water partition coefficient (Wildman–Crippen LogP) is 1.45. The summed E-state index contributed by atoms with van der Waals surface area (Å²) in [5.74, 6) is -0.294. The molecule has 132 valence electrons. The second kappa shape index (κ2) is 8.49. The number of benzene rings is 1. The lowest BCUT2D eigenvalue weighted by molar-refractivity contribution is -0.128. The number of urea groups is 1. The molecule has 1 aliphatic heterocycles. The van der Waals surface area contributed by atoms with Gasteiger partial charge in [0.25, 0.3) is 0 Å². The van der Waals surface area contributed by atoms with Gasteiger partial charge >= 0.3 is 6.03 Å². The highest BCUT2D eigenvalue weighted by molar-refractivity contribution is 5.89. The highest BCUT2D eigenvalue weighted by Crippen LogP contribution is 2.21. The van der Waals surface area contributed by atoms with Crippen LogP contribution >= 0.6 is 0 Å². The van der Waals surface area contributed by atoms with Crippen molar-refractivity contribution in [2.24, 2.45) is 5.92 Å². The van der Waals surface area contributed by atoms with Gasteiger partial charge in [0.1, 0.15) is 0 Å². The van der Waals surface area contributed by atoms with Crippen LogP contribution in [0.5, 0.6) is 5.75 Å². The van der Waals surface area contributed by atoms with Crippen molar-refractivity contribution in [1.29, 1.82) is 0 Å². The molecule has 2 N–H and O–H groups in total. The molecule has 1 atom stereocenters.